The predicted octanol–water partition coefficient (Wildman–Crippen LogP) is 4.21. The number of anilines is 1. The maximum Gasteiger partial charge on any atom is 0.131 e. The van der Waals surface area contributed by atoms with Gasteiger partial charge < -0.3 is 10.0 Å². The molecule has 166 valence electrons. The van der Waals surface area contributed by atoms with E-state index in [1.165, 1.54) is 11.1 Å². The summed E-state index contributed by atoms with van der Waals surface area (Å²) >= 11 is 0. The molecule has 0 radical (unpaired) electrons. The summed E-state index contributed by atoms with van der Waals surface area (Å²) in [5.41, 5.74) is 4.50. The molecule has 0 aliphatic rings. The average molecular weight is 421 g/mol. The highest BCUT2D eigenvalue weighted by Gasteiger charge is 2.23. The highest BCUT2D eigenvalue weighted by Crippen LogP contribution is 2.31. The van der Waals surface area contributed by atoms with Gasteiger partial charge in [-0.3, -0.25) is 9.58 Å². The molecule has 0 fully saturated rings. The largest absolute Gasteiger partial charge is 0.391 e. The van der Waals surface area contributed by atoms with E-state index in [1.807, 2.05) is 36.0 Å². The molecule has 0 aliphatic heterocycles. The van der Waals surface area contributed by atoms with Crippen LogP contribution in [0.15, 0.2) is 60.7 Å². The van der Waals surface area contributed by atoms with Crippen molar-refractivity contribution in [2.75, 3.05) is 32.1 Å². The summed E-state index contributed by atoms with van der Waals surface area (Å²) in [5, 5.41) is 15.7. The Morgan fingerprint density at radius 3 is 2.13 bits per heavy atom. The van der Waals surface area contributed by atoms with Gasteiger partial charge in [-0.2, -0.15) is 5.10 Å². The molecule has 0 aliphatic carbocycles. The minimum Gasteiger partial charge on any atom is -0.391 e. The van der Waals surface area contributed by atoms with Gasteiger partial charge in [-0.25, -0.2) is 0 Å². The van der Waals surface area contributed by atoms with E-state index in [0.29, 0.717) is 18.9 Å². The zero-order chi connectivity index (χ0) is 22.4. The van der Waals surface area contributed by atoms with Crippen LogP contribution in [-0.2, 0) is 20.0 Å². The van der Waals surface area contributed by atoms with E-state index in [2.05, 4.69) is 74.1 Å². The van der Waals surface area contributed by atoms with Crippen LogP contribution < -0.4 is 4.90 Å². The lowest BCUT2D eigenvalue weighted by Crippen LogP contribution is -2.36. The summed E-state index contributed by atoms with van der Waals surface area (Å²) < 4.78 is 1.96. The van der Waals surface area contributed by atoms with E-state index in [4.69, 9.17) is 5.10 Å². The minimum atomic E-state index is -0.416. The Bertz CT molecular complexity index is 935. The summed E-state index contributed by atoms with van der Waals surface area (Å²) in [6.07, 6.45) is 0.245. The van der Waals surface area contributed by atoms with Gasteiger partial charge >= 0.3 is 0 Å². The molecule has 5 heteroatoms. The molecule has 31 heavy (non-hydrogen) atoms. The first-order chi connectivity index (χ1) is 14.8. The Labute approximate surface area is 186 Å². The van der Waals surface area contributed by atoms with Crippen molar-refractivity contribution in [1.82, 2.24) is 14.7 Å². The Kier molecular flexibility index (Phi) is 7.88. The molecule has 0 spiro atoms. The van der Waals surface area contributed by atoms with Gasteiger partial charge in [0.05, 0.1) is 11.8 Å². The van der Waals surface area contributed by atoms with Crippen molar-refractivity contribution in [2.24, 2.45) is 13.0 Å². The van der Waals surface area contributed by atoms with Crippen LogP contribution in [0.4, 0.5) is 5.82 Å². The van der Waals surface area contributed by atoms with Crippen molar-refractivity contribution in [3.05, 3.63) is 71.8 Å². The van der Waals surface area contributed by atoms with Gasteiger partial charge in [-0.15, -0.1) is 0 Å². The normalized spacial score (nSPS) is 12.5. The lowest BCUT2D eigenvalue weighted by atomic mass is 10.0. The van der Waals surface area contributed by atoms with Gasteiger partial charge in [0.2, 0.25) is 0 Å². The molecule has 0 unspecified atom stereocenters. The number of aliphatic hydroxyl groups is 1. The van der Waals surface area contributed by atoms with E-state index in [9.17, 15) is 5.11 Å². The summed E-state index contributed by atoms with van der Waals surface area (Å²) in [6, 6.07) is 20.6. The summed E-state index contributed by atoms with van der Waals surface area (Å²) in [4.78, 5) is 4.50. The van der Waals surface area contributed by atoms with Crippen LogP contribution in [0.25, 0.3) is 11.3 Å². The van der Waals surface area contributed by atoms with Crippen molar-refractivity contribution in [1.29, 1.82) is 0 Å². The topological polar surface area (TPSA) is 44.5 Å². The minimum absolute atomic E-state index is 0.416. The van der Waals surface area contributed by atoms with Crippen LogP contribution in [0, 0.1) is 5.92 Å². The first kappa shape index (κ1) is 23.0. The molecule has 0 bridgehead atoms. The summed E-state index contributed by atoms with van der Waals surface area (Å²) in [7, 11) is 6.13. The lowest BCUT2D eigenvalue weighted by molar-refractivity contribution is 0.102. The van der Waals surface area contributed by atoms with E-state index in [-0.39, 0.29) is 0 Å². The fourth-order valence-corrected chi connectivity index (χ4v) is 4.28. The SMILES string of the molecule is CC(C)CN(Cc1c(-c2ccccc2)nn(C)c1N(C)C)C[C@@H](O)Cc1ccccc1. The summed E-state index contributed by atoms with van der Waals surface area (Å²) in [6.45, 7) is 6.75. The van der Waals surface area contributed by atoms with Crippen LogP contribution in [0.1, 0.15) is 25.0 Å². The van der Waals surface area contributed by atoms with Crippen LogP contribution in [0.2, 0.25) is 0 Å². The number of aromatic nitrogens is 2. The fraction of sp³-hybridized carbons (Fsp3) is 0.423. The third-order valence-electron chi connectivity index (χ3n) is 5.37. The van der Waals surface area contributed by atoms with Gasteiger partial charge in [0.15, 0.2) is 0 Å². The molecule has 5 nitrogen and oxygen atoms in total. The molecular formula is C26H36N4O. The highest BCUT2D eigenvalue weighted by molar-refractivity contribution is 5.69. The fourth-order valence-electron chi connectivity index (χ4n) is 4.28. The quantitative estimate of drug-likeness (QED) is 0.534. The molecule has 1 atom stereocenters. The monoisotopic (exact) mass is 420 g/mol. The zero-order valence-electron chi connectivity index (χ0n) is 19.5. The van der Waals surface area contributed by atoms with Gasteiger partial charge in [0, 0.05) is 51.9 Å². The number of hydrogen-bond donors (Lipinski definition) is 1. The van der Waals surface area contributed by atoms with Crippen molar-refractivity contribution in [3.63, 3.8) is 0 Å². The Morgan fingerprint density at radius 2 is 1.55 bits per heavy atom. The standard InChI is InChI=1S/C26H36N4O/c1-20(2)17-30(18-23(31)16-21-12-8-6-9-13-21)19-24-25(22-14-10-7-11-15-22)27-29(5)26(24)28(3)4/h6-15,20,23,31H,16-19H2,1-5H3/t23-/m0/s1. The Balaban J connectivity index is 1.88. The maximum atomic E-state index is 10.9. The van der Waals surface area contributed by atoms with E-state index in [1.54, 1.807) is 0 Å². The van der Waals surface area contributed by atoms with Gasteiger partial charge in [0.25, 0.3) is 0 Å². The van der Waals surface area contributed by atoms with Crippen LogP contribution in [0.5, 0.6) is 0 Å². The number of rotatable bonds is 10. The molecule has 1 N–H and O–H groups in total. The zero-order valence-corrected chi connectivity index (χ0v) is 19.5. The first-order valence-corrected chi connectivity index (χ1v) is 11.1. The second-order valence-corrected chi connectivity index (χ2v) is 8.97. The Morgan fingerprint density at radius 1 is 0.935 bits per heavy atom. The number of nitrogens with zero attached hydrogens (tertiary/aromatic N) is 4. The number of aliphatic hydroxyl groups excluding tert-OH is 1. The first-order valence-electron chi connectivity index (χ1n) is 11.1. The Hall–Kier alpha value is -2.63. The molecule has 0 amide bonds. The van der Waals surface area contributed by atoms with E-state index < -0.39 is 6.10 Å². The predicted molar refractivity (Wildman–Crippen MR) is 129 cm³/mol. The third-order valence-corrected chi connectivity index (χ3v) is 5.37. The van der Waals surface area contributed by atoms with Crippen molar-refractivity contribution in [3.8, 4) is 11.3 Å². The van der Waals surface area contributed by atoms with Gasteiger partial charge in [0.1, 0.15) is 5.82 Å². The van der Waals surface area contributed by atoms with Crippen LogP contribution in [0.3, 0.4) is 0 Å². The lowest BCUT2D eigenvalue weighted by Gasteiger charge is -2.28. The average Bonchev–Trinajstić information content (AvgIpc) is 3.04. The molecule has 3 aromatic rings. The van der Waals surface area contributed by atoms with Crippen molar-refractivity contribution in [2.45, 2.75) is 32.9 Å². The van der Waals surface area contributed by atoms with E-state index in [0.717, 1.165) is 30.2 Å². The molecule has 0 saturated carbocycles. The molecular weight excluding hydrogens is 384 g/mol. The van der Waals surface area contributed by atoms with Gasteiger partial charge in [-0.1, -0.05) is 74.5 Å². The molecule has 0 saturated heterocycles. The smallest absolute Gasteiger partial charge is 0.131 e. The number of aryl methyl sites for hydroxylation is 1. The van der Waals surface area contributed by atoms with E-state index >= 15 is 0 Å². The number of benzene rings is 2. The number of hydrogen-bond acceptors (Lipinski definition) is 4. The van der Waals surface area contributed by atoms with Crippen molar-refractivity contribution < 1.29 is 5.11 Å². The van der Waals surface area contributed by atoms with Crippen LogP contribution >= 0.6 is 0 Å². The maximum absolute atomic E-state index is 10.9. The molecule has 3 rings (SSSR count). The highest BCUT2D eigenvalue weighted by atomic mass is 16.3. The molecule has 1 heterocycles. The second kappa shape index (κ2) is 10.6. The molecule has 2 aromatic carbocycles. The van der Waals surface area contributed by atoms with Crippen LogP contribution in [-0.4, -0.2) is 53.1 Å². The summed E-state index contributed by atoms with van der Waals surface area (Å²) in [5.74, 6) is 1.61. The third kappa shape index (κ3) is 6.18. The second-order valence-electron chi connectivity index (χ2n) is 8.97. The van der Waals surface area contributed by atoms with Gasteiger partial charge in [-0.05, 0) is 17.9 Å². The van der Waals surface area contributed by atoms with Crippen molar-refractivity contribution >= 4 is 5.82 Å². The molecule has 1 aromatic heterocycles.